The maximum Gasteiger partial charge on any atom is 0.222 e. The molecule has 3 N–H and O–H groups in total. The summed E-state index contributed by atoms with van der Waals surface area (Å²) in [6.07, 6.45) is 1.07. The number of amides is 1. The number of benzene rings is 1. The molecular weight excluding hydrogens is 382 g/mol. The Kier molecular flexibility index (Phi) is 7.55. The third-order valence-electron chi connectivity index (χ3n) is 4.19. The summed E-state index contributed by atoms with van der Waals surface area (Å²) in [5.74, 6) is 0.868. The van der Waals surface area contributed by atoms with E-state index < -0.39 is 0 Å². The van der Waals surface area contributed by atoms with Crippen molar-refractivity contribution in [3.8, 4) is 0 Å². The molecule has 1 aromatic carbocycles. The van der Waals surface area contributed by atoms with Gasteiger partial charge in [0.15, 0.2) is 5.96 Å². The molecule has 1 amide bonds. The standard InChI is InChI=1S/C18H28BrN5O/c1-13(2)17(25)21-9-10-22-18(20-3)23-15-8-11-24(12-15)16-6-4-14(19)5-7-16/h4-7,13,15H,8-12H2,1-3H3,(H,21,25)(H2,20,22,23). The predicted molar refractivity (Wildman–Crippen MR) is 107 cm³/mol. The van der Waals surface area contributed by atoms with E-state index >= 15 is 0 Å². The van der Waals surface area contributed by atoms with E-state index in [1.807, 2.05) is 13.8 Å². The molecule has 0 bridgehead atoms. The molecule has 1 saturated heterocycles. The van der Waals surface area contributed by atoms with E-state index in [0.717, 1.165) is 29.9 Å². The van der Waals surface area contributed by atoms with Gasteiger partial charge in [-0.25, -0.2) is 0 Å². The Morgan fingerprint density at radius 2 is 1.96 bits per heavy atom. The molecule has 2 rings (SSSR count). The summed E-state index contributed by atoms with van der Waals surface area (Å²) in [6.45, 7) is 7.00. The second-order valence-electron chi connectivity index (χ2n) is 6.50. The van der Waals surface area contributed by atoms with Crippen LogP contribution in [0.1, 0.15) is 20.3 Å². The van der Waals surface area contributed by atoms with E-state index in [0.29, 0.717) is 19.1 Å². The molecule has 0 aromatic heterocycles. The Balaban J connectivity index is 1.73. The monoisotopic (exact) mass is 409 g/mol. The number of guanidine groups is 1. The van der Waals surface area contributed by atoms with E-state index in [-0.39, 0.29) is 11.8 Å². The number of aliphatic imine (C=N–C) groups is 1. The fourth-order valence-electron chi connectivity index (χ4n) is 2.72. The summed E-state index contributed by atoms with van der Waals surface area (Å²) < 4.78 is 1.10. The van der Waals surface area contributed by atoms with Gasteiger partial charge in [-0.2, -0.15) is 0 Å². The number of nitrogens with one attached hydrogen (secondary N) is 3. The van der Waals surface area contributed by atoms with Crippen molar-refractivity contribution in [1.82, 2.24) is 16.0 Å². The lowest BCUT2D eigenvalue weighted by Gasteiger charge is -2.20. The second kappa shape index (κ2) is 9.65. The Hall–Kier alpha value is -1.76. The van der Waals surface area contributed by atoms with Gasteiger partial charge in [0.25, 0.3) is 0 Å². The Morgan fingerprint density at radius 1 is 1.28 bits per heavy atom. The lowest BCUT2D eigenvalue weighted by molar-refractivity contribution is -0.123. The molecule has 1 aliphatic heterocycles. The third kappa shape index (κ3) is 6.23. The van der Waals surface area contributed by atoms with Gasteiger partial charge in [-0.3, -0.25) is 9.79 Å². The SMILES string of the molecule is CN=C(NCCNC(=O)C(C)C)NC1CCN(c2ccc(Br)cc2)C1. The zero-order valence-electron chi connectivity index (χ0n) is 15.2. The molecule has 138 valence electrons. The number of rotatable bonds is 6. The minimum atomic E-state index is 0.0144. The van der Waals surface area contributed by atoms with Gasteiger partial charge < -0.3 is 20.9 Å². The topological polar surface area (TPSA) is 68.8 Å². The van der Waals surface area contributed by atoms with Gasteiger partial charge >= 0.3 is 0 Å². The summed E-state index contributed by atoms with van der Waals surface area (Å²) in [4.78, 5) is 18.2. The van der Waals surface area contributed by atoms with Crippen molar-refractivity contribution < 1.29 is 4.79 Å². The van der Waals surface area contributed by atoms with Crippen LogP contribution in [-0.2, 0) is 4.79 Å². The molecule has 1 aromatic rings. The molecule has 25 heavy (non-hydrogen) atoms. The van der Waals surface area contributed by atoms with E-state index in [2.05, 4.69) is 66.0 Å². The molecule has 7 heteroatoms. The number of hydrogen-bond acceptors (Lipinski definition) is 3. The first-order chi connectivity index (χ1) is 12.0. The van der Waals surface area contributed by atoms with E-state index in [4.69, 9.17) is 0 Å². The summed E-state index contributed by atoms with van der Waals surface area (Å²) in [6, 6.07) is 8.78. The first kappa shape index (κ1) is 19.6. The van der Waals surface area contributed by atoms with Crippen LogP contribution in [0, 0.1) is 5.92 Å². The molecule has 1 unspecified atom stereocenters. The largest absolute Gasteiger partial charge is 0.369 e. The summed E-state index contributed by atoms with van der Waals surface area (Å²) in [5.41, 5.74) is 1.24. The van der Waals surface area contributed by atoms with Crippen LogP contribution in [0.4, 0.5) is 5.69 Å². The van der Waals surface area contributed by atoms with Crippen LogP contribution < -0.4 is 20.9 Å². The first-order valence-corrected chi connectivity index (χ1v) is 9.54. The molecule has 1 heterocycles. The van der Waals surface area contributed by atoms with Crippen molar-refractivity contribution >= 4 is 33.5 Å². The lowest BCUT2D eigenvalue weighted by Crippen LogP contribution is -2.46. The predicted octanol–water partition coefficient (Wildman–Crippen LogP) is 1.96. The summed E-state index contributed by atoms with van der Waals surface area (Å²) in [5, 5.41) is 9.61. The zero-order chi connectivity index (χ0) is 18.2. The Morgan fingerprint density at radius 3 is 2.60 bits per heavy atom. The van der Waals surface area contributed by atoms with Crippen LogP contribution in [0.2, 0.25) is 0 Å². The van der Waals surface area contributed by atoms with Gasteiger partial charge in [0.05, 0.1) is 0 Å². The number of anilines is 1. The average molecular weight is 410 g/mol. The van der Waals surface area contributed by atoms with Gasteiger partial charge in [-0.15, -0.1) is 0 Å². The maximum absolute atomic E-state index is 11.5. The van der Waals surface area contributed by atoms with Gasteiger partial charge in [0.2, 0.25) is 5.91 Å². The highest BCUT2D eigenvalue weighted by molar-refractivity contribution is 9.10. The zero-order valence-corrected chi connectivity index (χ0v) is 16.8. The lowest BCUT2D eigenvalue weighted by atomic mass is 10.2. The van der Waals surface area contributed by atoms with Gasteiger partial charge in [-0.1, -0.05) is 29.8 Å². The van der Waals surface area contributed by atoms with Gasteiger partial charge in [-0.05, 0) is 30.7 Å². The van der Waals surface area contributed by atoms with Crippen LogP contribution in [0.3, 0.4) is 0 Å². The van der Waals surface area contributed by atoms with E-state index in [9.17, 15) is 4.79 Å². The Labute approximate surface area is 158 Å². The van der Waals surface area contributed by atoms with Crippen LogP contribution >= 0.6 is 15.9 Å². The molecular formula is C18H28BrN5O. The smallest absolute Gasteiger partial charge is 0.222 e. The van der Waals surface area contributed by atoms with Crippen molar-refractivity contribution in [3.63, 3.8) is 0 Å². The van der Waals surface area contributed by atoms with Crippen molar-refractivity contribution in [2.24, 2.45) is 10.9 Å². The van der Waals surface area contributed by atoms with Crippen molar-refractivity contribution in [2.75, 3.05) is 38.1 Å². The van der Waals surface area contributed by atoms with Crippen LogP contribution in [0.15, 0.2) is 33.7 Å². The third-order valence-corrected chi connectivity index (χ3v) is 4.71. The van der Waals surface area contributed by atoms with Gasteiger partial charge in [0.1, 0.15) is 0 Å². The second-order valence-corrected chi connectivity index (χ2v) is 7.41. The number of nitrogens with zero attached hydrogens (tertiary/aromatic N) is 2. The Bertz CT molecular complexity index is 588. The highest BCUT2D eigenvalue weighted by atomic mass is 79.9. The molecule has 0 saturated carbocycles. The fraction of sp³-hybridized carbons (Fsp3) is 0.556. The quantitative estimate of drug-likeness (QED) is 0.381. The molecule has 0 spiro atoms. The van der Waals surface area contributed by atoms with E-state index in [1.165, 1.54) is 5.69 Å². The molecule has 0 radical (unpaired) electrons. The minimum absolute atomic E-state index is 0.0144. The molecule has 1 aliphatic rings. The van der Waals surface area contributed by atoms with Crippen molar-refractivity contribution in [2.45, 2.75) is 26.3 Å². The van der Waals surface area contributed by atoms with Crippen LogP contribution in [0.25, 0.3) is 0 Å². The van der Waals surface area contributed by atoms with Crippen molar-refractivity contribution in [3.05, 3.63) is 28.7 Å². The minimum Gasteiger partial charge on any atom is -0.369 e. The highest BCUT2D eigenvalue weighted by Crippen LogP contribution is 2.22. The molecule has 1 atom stereocenters. The summed E-state index contributed by atoms with van der Waals surface area (Å²) in [7, 11) is 1.77. The normalized spacial score (nSPS) is 17.7. The molecule has 6 nitrogen and oxygen atoms in total. The molecule has 1 fully saturated rings. The molecule has 0 aliphatic carbocycles. The van der Waals surface area contributed by atoms with Gasteiger partial charge in [0, 0.05) is 55.3 Å². The van der Waals surface area contributed by atoms with Crippen molar-refractivity contribution in [1.29, 1.82) is 0 Å². The highest BCUT2D eigenvalue weighted by Gasteiger charge is 2.23. The number of halogens is 1. The van der Waals surface area contributed by atoms with E-state index in [1.54, 1.807) is 7.05 Å². The van der Waals surface area contributed by atoms with Crippen LogP contribution in [0.5, 0.6) is 0 Å². The number of carbonyl (C=O) groups excluding carboxylic acids is 1. The number of hydrogen-bond donors (Lipinski definition) is 3. The summed E-state index contributed by atoms with van der Waals surface area (Å²) >= 11 is 3.47. The first-order valence-electron chi connectivity index (χ1n) is 8.75. The average Bonchev–Trinajstić information content (AvgIpc) is 3.06. The number of carbonyl (C=O) groups is 1. The van der Waals surface area contributed by atoms with Crippen LogP contribution in [-0.4, -0.2) is 51.1 Å². The maximum atomic E-state index is 11.5. The fourth-order valence-corrected chi connectivity index (χ4v) is 2.99.